The summed E-state index contributed by atoms with van der Waals surface area (Å²) in [4.78, 5) is 49.0. The van der Waals surface area contributed by atoms with Gasteiger partial charge in [-0.15, -0.1) is 0 Å². The number of amides is 2. The number of aromatic amines is 1. The van der Waals surface area contributed by atoms with Crippen LogP contribution >= 0.6 is 11.6 Å². The zero-order valence-electron chi connectivity index (χ0n) is 22.9. The number of benzene rings is 1. The van der Waals surface area contributed by atoms with Crippen molar-refractivity contribution in [2.45, 2.75) is 65.6 Å². The zero-order chi connectivity index (χ0) is 29.2. The predicted molar refractivity (Wildman–Crippen MR) is 147 cm³/mol. The molecule has 0 spiro atoms. The Morgan fingerprint density at radius 2 is 2.02 bits per heavy atom. The van der Waals surface area contributed by atoms with E-state index in [4.69, 9.17) is 16.3 Å². The molecule has 4 rings (SSSR count). The van der Waals surface area contributed by atoms with Gasteiger partial charge in [-0.1, -0.05) is 23.7 Å². The van der Waals surface area contributed by atoms with Gasteiger partial charge in [-0.25, -0.2) is 15.1 Å². The van der Waals surface area contributed by atoms with Gasteiger partial charge < -0.3 is 15.0 Å². The first-order chi connectivity index (χ1) is 18.9. The lowest BCUT2D eigenvalue weighted by Crippen LogP contribution is -2.52. The first-order valence-electron chi connectivity index (χ1n) is 12.8. The third-order valence-corrected chi connectivity index (χ3v) is 7.19. The minimum absolute atomic E-state index is 0.00367. The predicted octanol–water partition coefficient (Wildman–Crippen LogP) is 4.02. The minimum Gasteiger partial charge on any atom is -0.431 e. The SMILES string of the molecule is Cc1cc(Oc2ncc(C(=O)N[C@H](C)C(=O)N3[C@H](c4cccc(Cl)c4)CC[C@@H]3C(C)(C)C#N)nc2C)c(=O)[nH]n1. The Labute approximate surface area is 236 Å². The van der Waals surface area contributed by atoms with E-state index in [1.165, 1.54) is 12.3 Å². The molecule has 0 aliphatic carbocycles. The van der Waals surface area contributed by atoms with Gasteiger partial charge in [0.05, 0.1) is 35.5 Å². The molecule has 1 saturated heterocycles. The van der Waals surface area contributed by atoms with Crippen LogP contribution in [0, 0.1) is 30.6 Å². The molecule has 1 fully saturated rings. The van der Waals surface area contributed by atoms with Crippen LogP contribution in [-0.4, -0.2) is 49.0 Å². The second kappa shape index (κ2) is 11.4. The second-order valence-corrected chi connectivity index (χ2v) is 10.8. The van der Waals surface area contributed by atoms with Gasteiger partial charge in [0, 0.05) is 11.1 Å². The number of halogens is 1. The number of aryl methyl sites for hydroxylation is 2. The van der Waals surface area contributed by atoms with E-state index < -0.39 is 22.9 Å². The lowest BCUT2D eigenvalue weighted by atomic mass is 9.84. The number of carbonyl (C=O) groups is 2. The third-order valence-electron chi connectivity index (χ3n) is 6.95. The standard InChI is InChI=1S/C28H30ClN7O4/c1-15-11-22(25(38)35-34-15)40-26-16(2)32-20(13-31-26)24(37)33-17(3)27(39)36-21(18-7-6-8-19(29)12-18)9-10-23(36)28(4,5)14-30/h6-8,11-13,17,21,23H,9-10H2,1-5H3,(H,33,37)(H,35,38)/t17-,21+,23-/m1/s1. The molecule has 0 bridgehead atoms. The van der Waals surface area contributed by atoms with Crippen LogP contribution in [0.5, 0.6) is 11.6 Å². The first-order valence-corrected chi connectivity index (χ1v) is 13.2. The van der Waals surface area contributed by atoms with Crippen LogP contribution in [0.1, 0.15) is 67.1 Å². The minimum atomic E-state index is -0.916. The maximum Gasteiger partial charge on any atom is 0.307 e. The molecule has 1 aromatic carbocycles. The molecular weight excluding hydrogens is 534 g/mol. The lowest BCUT2D eigenvalue weighted by Gasteiger charge is -2.38. The Morgan fingerprint density at radius 1 is 1.27 bits per heavy atom. The van der Waals surface area contributed by atoms with Crippen LogP contribution in [0.15, 0.2) is 41.3 Å². The Hall–Kier alpha value is -4.30. The number of carbonyl (C=O) groups excluding carboxylic acids is 2. The maximum atomic E-state index is 13.8. The van der Waals surface area contributed by atoms with Gasteiger partial charge in [-0.2, -0.15) is 10.4 Å². The first kappa shape index (κ1) is 28.7. The second-order valence-electron chi connectivity index (χ2n) is 10.4. The topological polar surface area (TPSA) is 154 Å². The zero-order valence-corrected chi connectivity index (χ0v) is 23.6. The van der Waals surface area contributed by atoms with Gasteiger partial charge in [-0.3, -0.25) is 14.4 Å². The quantitative estimate of drug-likeness (QED) is 0.437. The number of hydrogen-bond donors (Lipinski definition) is 2. The van der Waals surface area contributed by atoms with Gasteiger partial charge >= 0.3 is 5.56 Å². The highest BCUT2D eigenvalue weighted by Crippen LogP contribution is 2.43. The average molecular weight is 564 g/mol. The van der Waals surface area contributed by atoms with E-state index in [0.29, 0.717) is 23.6 Å². The van der Waals surface area contributed by atoms with E-state index in [1.54, 1.807) is 31.7 Å². The number of H-pyrrole nitrogens is 1. The summed E-state index contributed by atoms with van der Waals surface area (Å²) in [7, 11) is 0. The Kier molecular flexibility index (Phi) is 8.21. The molecule has 11 nitrogen and oxygen atoms in total. The van der Waals surface area contributed by atoms with Crippen molar-refractivity contribution in [1.82, 2.24) is 30.4 Å². The van der Waals surface area contributed by atoms with Gasteiger partial charge in [0.25, 0.3) is 5.91 Å². The highest BCUT2D eigenvalue weighted by molar-refractivity contribution is 6.30. The summed E-state index contributed by atoms with van der Waals surface area (Å²) in [5.74, 6) is -0.868. The van der Waals surface area contributed by atoms with E-state index in [0.717, 1.165) is 5.56 Å². The molecule has 12 heteroatoms. The Morgan fingerprint density at radius 3 is 2.70 bits per heavy atom. The van der Waals surface area contributed by atoms with E-state index in [9.17, 15) is 19.6 Å². The average Bonchev–Trinajstić information content (AvgIpc) is 3.37. The normalized spacial score (nSPS) is 17.7. The molecule has 1 aliphatic heterocycles. The fraction of sp³-hybridized carbons (Fsp3) is 0.393. The largest absolute Gasteiger partial charge is 0.431 e. The summed E-state index contributed by atoms with van der Waals surface area (Å²) in [6, 6.07) is 9.55. The van der Waals surface area contributed by atoms with Crippen LogP contribution in [0.4, 0.5) is 0 Å². The van der Waals surface area contributed by atoms with Gasteiger partial charge in [0.15, 0.2) is 5.75 Å². The van der Waals surface area contributed by atoms with Crippen molar-refractivity contribution in [2.75, 3.05) is 0 Å². The molecule has 3 atom stereocenters. The molecular formula is C28H30ClN7O4. The van der Waals surface area contributed by atoms with E-state index in [1.807, 2.05) is 32.0 Å². The van der Waals surface area contributed by atoms with Crippen molar-refractivity contribution < 1.29 is 14.3 Å². The van der Waals surface area contributed by atoms with Crippen molar-refractivity contribution in [3.05, 3.63) is 74.6 Å². The molecule has 208 valence electrons. The van der Waals surface area contributed by atoms with E-state index in [2.05, 4.69) is 31.6 Å². The molecule has 3 aromatic rings. The highest BCUT2D eigenvalue weighted by Gasteiger charge is 2.46. The van der Waals surface area contributed by atoms with Crippen LogP contribution in [0.2, 0.25) is 5.02 Å². The fourth-order valence-electron chi connectivity index (χ4n) is 4.84. The molecule has 0 unspecified atom stereocenters. The highest BCUT2D eigenvalue weighted by atomic mass is 35.5. The summed E-state index contributed by atoms with van der Waals surface area (Å²) in [6.45, 7) is 8.50. The lowest BCUT2D eigenvalue weighted by molar-refractivity contribution is -0.137. The van der Waals surface area contributed by atoms with E-state index in [-0.39, 0.29) is 41.0 Å². The number of rotatable bonds is 7. The molecule has 0 saturated carbocycles. The van der Waals surface area contributed by atoms with Gasteiger partial charge in [0.1, 0.15) is 17.4 Å². The number of nitrogens with zero attached hydrogens (tertiary/aromatic N) is 5. The molecule has 2 aromatic heterocycles. The van der Waals surface area contributed by atoms with Crippen molar-refractivity contribution in [1.29, 1.82) is 5.26 Å². The number of aromatic nitrogens is 4. The summed E-state index contributed by atoms with van der Waals surface area (Å²) in [6.07, 6.45) is 2.51. The summed E-state index contributed by atoms with van der Waals surface area (Å²) < 4.78 is 5.57. The molecule has 0 radical (unpaired) electrons. The van der Waals surface area contributed by atoms with E-state index >= 15 is 0 Å². The smallest absolute Gasteiger partial charge is 0.307 e. The van der Waals surface area contributed by atoms with Crippen molar-refractivity contribution in [3.63, 3.8) is 0 Å². The van der Waals surface area contributed by atoms with Gasteiger partial charge in [0.2, 0.25) is 11.8 Å². The number of nitriles is 1. The molecule has 1 aliphatic rings. The van der Waals surface area contributed by atoms with Crippen LogP contribution < -0.4 is 15.6 Å². The summed E-state index contributed by atoms with van der Waals surface area (Å²) in [5.41, 5.74) is 0.335. The van der Waals surface area contributed by atoms with Crippen molar-refractivity contribution >= 4 is 23.4 Å². The molecule has 2 amide bonds. The number of likely N-dealkylation sites (tertiary alicyclic amines) is 1. The fourth-order valence-corrected chi connectivity index (χ4v) is 5.04. The van der Waals surface area contributed by atoms with Gasteiger partial charge in [-0.05, 0) is 65.2 Å². The monoisotopic (exact) mass is 563 g/mol. The summed E-state index contributed by atoms with van der Waals surface area (Å²) in [5, 5.41) is 19.2. The Bertz CT molecular complexity index is 1550. The molecule has 40 heavy (non-hydrogen) atoms. The summed E-state index contributed by atoms with van der Waals surface area (Å²) >= 11 is 6.23. The molecule has 2 N–H and O–H groups in total. The number of hydrogen-bond acceptors (Lipinski definition) is 8. The third kappa shape index (κ3) is 5.97. The number of ether oxygens (including phenoxy) is 1. The van der Waals surface area contributed by atoms with Crippen molar-refractivity contribution in [2.24, 2.45) is 5.41 Å². The molecule has 3 heterocycles. The maximum absolute atomic E-state index is 13.8. The van der Waals surface area contributed by atoms with Crippen LogP contribution in [-0.2, 0) is 4.79 Å². The van der Waals surface area contributed by atoms with Crippen LogP contribution in [0.3, 0.4) is 0 Å². The Balaban J connectivity index is 1.53. The van der Waals surface area contributed by atoms with Crippen LogP contribution in [0.25, 0.3) is 0 Å². The van der Waals surface area contributed by atoms with Crippen molar-refractivity contribution in [3.8, 4) is 17.7 Å². The number of nitrogens with one attached hydrogen (secondary N) is 2.